The van der Waals surface area contributed by atoms with E-state index in [2.05, 4.69) is 15.1 Å². The van der Waals surface area contributed by atoms with Crippen LogP contribution in [0.3, 0.4) is 0 Å². The Bertz CT molecular complexity index is 713. The van der Waals surface area contributed by atoms with Gasteiger partial charge in [-0.3, -0.25) is 0 Å². The molecule has 1 saturated heterocycles. The van der Waals surface area contributed by atoms with Crippen molar-refractivity contribution in [3.63, 3.8) is 0 Å². The lowest BCUT2D eigenvalue weighted by atomic mass is 9.98. The molecule has 3 heterocycles. The molecule has 0 radical (unpaired) electrons. The molecule has 2 aromatic heterocycles. The summed E-state index contributed by atoms with van der Waals surface area (Å²) in [6.07, 6.45) is 3.43. The molecule has 0 aromatic carbocycles. The smallest absolute Gasteiger partial charge is 0.410 e. The van der Waals surface area contributed by atoms with Crippen molar-refractivity contribution in [1.29, 1.82) is 0 Å². The Hall–Kier alpha value is -2.31. The number of hydrogen-bond acceptors (Lipinski definition) is 5. The number of carbonyl (C=O) groups excluding carboxylic acids is 1. The quantitative estimate of drug-likeness (QED) is 0.910. The summed E-state index contributed by atoms with van der Waals surface area (Å²) in [6, 6.07) is 1.97. The fourth-order valence-electron chi connectivity index (χ4n) is 2.81. The van der Waals surface area contributed by atoms with Crippen LogP contribution >= 0.6 is 0 Å². The highest BCUT2D eigenvalue weighted by atomic mass is 16.6. The van der Waals surface area contributed by atoms with Gasteiger partial charge in [-0.15, -0.1) is 0 Å². The summed E-state index contributed by atoms with van der Waals surface area (Å²) in [7, 11) is 0. The summed E-state index contributed by atoms with van der Waals surface area (Å²) < 4.78 is 10.9. The standard InChI is InChI=1S/C17H24N4O3/c1-11-8-13(18-9-11)14-19-15(24-20-14)12-6-5-7-21(10-12)16(22)23-17(2,3)4/h8-9,12,18H,5-7,10H2,1-4H3. The van der Waals surface area contributed by atoms with E-state index in [9.17, 15) is 4.79 Å². The Labute approximate surface area is 141 Å². The van der Waals surface area contributed by atoms with Gasteiger partial charge in [-0.1, -0.05) is 5.16 Å². The van der Waals surface area contributed by atoms with Crippen molar-refractivity contribution in [3.8, 4) is 11.5 Å². The van der Waals surface area contributed by atoms with E-state index in [1.165, 1.54) is 0 Å². The van der Waals surface area contributed by atoms with Crippen molar-refractivity contribution in [2.75, 3.05) is 13.1 Å². The highest BCUT2D eigenvalue weighted by molar-refractivity contribution is 5.68. The first-order valence-electron chi connectivity index (χ1n) is 8.29. The summed E-state index contributed by atoms with van der Waals surface area (Å²) in [4.78, 5) is 21.6. The molecule has 1 aliphatic rings. The number of aromatic nitrogens is 3. The number of ether oxygens (including phenoxy) is 1. The van der Waals surface area contributed by atoms with Gasteiger partial charge < -0.3 is 19.1 Å². The van der Waals surface area contributed by atoms with Gasteiger partial charge in [0.1, 0.15) is 5.60 Å². The third-order valence-electron chi connectivity index (χ3n) is 3.93. The lowest BCUT2D eigenvalue weighted by Crippen LogP contribution is -2.42. The van der Waals surface area contributed by atoms with E-state index in [4.69, 9.17) is 9.26 Å². The van der Waals surface area contributed by atoms with Crippen LogP contribution in [-0.2, 0) is 4.74 Å². The molecule has 3 rings (SSSR count). The zero-order valence-electron chi connectivity index (χ0n) is 14.6. The lowest BCUT2D eigenvalue weighted by molar-refractivity contribution is 0.0189. The first kappa shape index (κ1) is 16.5. The van der Waals surface area contributed by atoms with Gasteiger partial charge in [0, 0.05) is 19.3 Å². The summed E-state index contributed by atoms with van der Waals surface area (Å²) in [5.41, 5.74) is 1.46. The molecular weight excluding hydrogens is 308 g/mol. The maximum absolute atomic E-state index is 12.3. The van der Waals surface area contributed by atoms with Crippen molar-refractivity contribution >= 4 is 6.09 Å². The van der Waals surface area contributed by atoms with Crippen molar-refractivity contribution in [2.45, 2.75) is 52.1 Å². The fraction of sp³-hybridized carbons (Fsp3) is 0.588. The second-order valence-corrected chi connectivity index (χ2v) is 7.31. The van der Waals surface area contributed by atoms with Crippen LogP contribution in [0.25, 0.3) is 11.5 Å². The minimum absolute atomic E-state index is 0.0450. The molecule has 2 aromatic rings. The molecule has 0 spiro atoms. The number of nitrogens with one attached hydrogen (secondary N) is 1. The summed E-state index contributed by atoms with van der Waals surface area (Å²) in [5, 5.41) is 4.05. The average molecular weight is 332 g/mol. The molecule has 7 nitrogen and oxygen atoms in total. The normalized spacial score (nSPS) is 18.7. The summed E-state index contributed by atoms with van der Waals surface area (Å²) >= 11 is 0. The molecule has 1 aliphatic heterocycles. The van der Waals surface area contributed by atoms with Crippen LogP contribution in [0.2, 0.25) is 0 Å². The molecule has 0 aliphatic carbocycles. The number of amides is 1. The van der Waals surface area contributed by atoms with E-state index in [0.29, 0.717) is 24.8 Å². The minimum atomic E-state index is -0.493. The number of nitrogens with zero attached hydrogens (tertiary/aromatic N) is 3. The van der Waals surface area contributed by atoms with Gasteiger partial charge in [0.15, 0.2) is 0 Å². The maximum Gasteiger partial charge on any atom is 0.410 e. The van der Waals surface area contributed by atoms with Gasteiger partial charge in [-0.05, 0) is 52.2 Å². The highest BCUT2D eigenvalue weighted by Crippen LogP contribution is 2.28. The Morgan fingerprint density at radius 2 is 2.25 bits per heavy atom. The molecule has 24 heavy (non-hydrogen) atoms. The number of H-pyrrole nitrogens is 1. The van der Waals surface area contributed by atoms with E-state index >= 15 is 0 Å². The molecule has 0 bridgehead atoms. The van der Waals surface area contributed by atoms with E-state index in [-0.39, 0.29) is 12.0 Å². The van der Waals surface area contributed by atoms with Gasteiger partial charge in [0.2, 0.25) is 11.7 Å². The van der Waals surface area contributed by atoms with Gasteiger partial charge >= 0.3 is 6.09 Å². The van der Waals surface area contributed by atoms with Crippen LogP contribution in [0, 0.1) is 6.92 Å². The van der Waals surface area contributed by atoms with Gasteiger partial charge in [0.25, 0.3) is 0 Å². The largest absolute Gasteiger partial charge is 0.444 e. The Kier molecular flexibility index (Phi) is 4.34. The van der Waals surface area contributed by atoms with Crippen LogP contribution < -0.4 is 0 Å². The zero-order valence-corrected chi connectivity index (χ0v) is 14.6. The van der Waals surface area contributed by atoms with Crippen LogP contribution in [0.4, 0.5) is 4.79 Å². The highest BCUT2D eigenvalue weighted by Gasteiger charge is 2.31. The molecule has 7 heteroatoms. The summed E-state index contributed by atoms with van der Waals surface area (Å²) in [6.45, 7) is 8.85. The zero-order chi connectivity index (χ0) is 17.3. The first-order chi connectivity index (χ1) is 11.3. The molecule has 1 fully saturated rings. The van der Waals surface area contributed by atoms with Gasteiger partial charge in [-0.25, -0.2) is 4.79 Å². The maximum atomic E-state index is 12.3. The topological polar surface area (TPSA) is 84.2 Å². The molecular formula is C17H24N4O3. The van der Waals surface area contributed by atoms with Crippen LogP contribution in [-0.4, -0.2) is 44.8 Å². The van der Waals surface area contributed by atoms with E-state index < -0.39 is 5.60 Å². The van der Waals surface area contributed by atoms with Crippen molar-refractivity contribution in [1.82, 2.24) is 20.0 Å². The number of likely N-dealkylation sites (tertiary alicyclic amines) is 1. The minimum Gasteiger partial charge on any atom is -0.444 e. The van der Waals surface area contributed by atoms with Gasteiger partial charge in [-0.2, -0.15) is 4.98 Å². The van der Waals surface area contributed by atoms with Crippen LogP contribution in [0.1, 0.15) is 51.0 Å². The third kappa shape index (κ3) is 3.77. The summed E-state index contributed by atoms with van der Waals surface area (Å²) in [5.74, 6) is 1.17. The number of rotatable bonds is 2. The lowest BCUT2D eigenvalue weighted by Gasteiger charge is -2.32. The predicted octanol–water partition coefficient (Wildman–Crippen LogP) is 3.49. The Balaban J connectivity index is 1.69. The molecule has 1 amide bonds. The molecule has 1 unspecified atom stereocenters. The van der Waals surface area contributed by atoms with E-state index in [1.807, 2.05) is 40.0 Å². The Morgan fingerprint density at radius 1 is 1.46 bits per heavy atom. The van der Waals surface area contributed by atoms with Crippen molar-refractivity contribution < 1.29 is 14.1 Å². The Morgan fingerprint density at radius 3 is 2.92 bits per heavy atom. The SMILES string of the molecule is Cc1c[nH]c(-c2noc(C3CCCN(C(=O)OC(C)(C)C)C3)n2)c1. The molecule has 1 N–H and O–H groups in total. The monoisotopic (exact) mass is 332 g/mol. The molecule has 1 atom stereocenters. The van der Waals surface area contributed by atoms with E-state index in [1.54, 1.807) is 4.90 Å². The third-order valence-corrected chi connectivity index (χ3v) is 3.93. The number of piperidine rings is 1. The van der Waals surface area contributed by atoms with Gasteiger partial charge in [0.05, 0.1) is 11.6 Å². The first-order valence-corrected chi connectivity index (χ1v) is 8.29. The fourth-order valence-corrected chi connectivity index (χ4v) is 2.81. The molecule has 130 valence electrons. The van der Waals surface area contributed by atoms with E-state index in [0.717, 1.165) is 24.1 Å². The van der Waals surface area contributed by atoms with Crippen molar-refractivity contribution in [3.05, 3.63) is 23.7 Å². The second-order valence-electron chi connectivity index (χ2n) is 7.31. The number of hydrogen-bond donors (Lipinski definition) is 1. The average Bonchev–Trinajstić information content (AvgIpc) is 3.14. The predicted molar refractivity (Wildman–Crippen MR) is 88.6 cm³/mol. The number of aryl methyl sites for hydroxylation is 1. The second kappa shape index (κ2) is 6.30. The number of aromatic amines is 1. The van der Waals surface area contributed by atoms with Crippen LogP contribution in [0.15, 0.2) is 16.8 Å². The molecule has 0 saturated carbocycles. The van der Waals surface area contributed by atoms with Crippen molar-refractivity contribution in [2.24, 2.45) is 0 Å². The number of carbonyl (C=O) groups is 1. The van der Waals surface area contributed by atoms with Crippen LogP contribution in [0.5, 0.6) is 0 Å².